The summed E-state index contributed by atoms with van der Waals surface area (Å²) in [5.41, 5.74) is 4.31. The number of nitrogens with one attached hydrogen (secondary N) is 1. The van der Waals surface area contributed by atoms with Crippen LogP contribution in [0.25, 0.3) is 11.0 Å². The summed E-state index contributed by atoms with van der Waals surface area (Å²) in [5.74, 6) is 1.68. The van der Waals surface area contributed by atoms with Crippen molar-refractivity contribution in [1.29, 1.82) is 0 Å². The number of para-hydroxylation sites is 2. The number of ether oxygens (including phenoxy) is 1. The summed E-state index contributed by atoms with van der Waals surface area (Å²) >= 11 is 0. The summed E-state index contributed by atoms with van der Waals surface area (Å²) in [6, 6.07) is 14.2. The van der Waals surface area contributed by atoms with Crippen molar-refractivity contribution < 1.29 is 9.84 Å². The molecule has 0 radical (unpaired) electrons. The number of rotatable bonds is 7. The van der Waals surface area contributed by atoms with Crippen molar-refractivity contribution in [2.45, 2.75) is 33.4 Å². The molecule has 1 heterocycles. The second-order valence-corrected chi connectivity index (χ2v) is 6.42. The number of anilines is 1. The van der Waals surface area contributed by atoms with Gasteiger partial charge < -0.3 is 19.7 Å². The van der Waals surface area contributed by atoms with Gasteiger partial charge in [-0.3, -0.25) is 0 Å². The van der Waals surface area contributed by atoms with Crippen LogP contribution in [0, 0.1) is 13.8 Å². The van der Waals surface area contributed by atoms with Gasteiger partial charge in [-0.1, -0.05) is 24.3 Å². The van der Waals surface area contributed by atoms with E-state index in [1.807, 2.05) is 24.3 Å². The highest BCUT2D eigenvalue weighted by atomic mass is 16.5. The minimum absolute atomic E-state index is 0.431. The van der Waals surface area contributed by atoms with E-state index in [4.69, 9.17) is 4.74 Å². The van der Waals surface area contributed by atoms with Crippen molar-refractivity contribution in [3.8, 4) is 5.75 Å². The first-order chi connectivity index (χ1) is 12.0. The van der Waals surface area contributed by atoms with Gasteiger partial charge in [-0.2, -0.15) is 0 Å². The summed E-state index contributed by atoms with van der Waals surface area (Å²) in [4.78, 5) is 4.63. The molecule has 5 heteroatoms. The van der Waals surface area contributed by atoms with Gasteiger partial charge in [-0.15, -0.1) is 0 Å². The molecule has 2 N–H and O–H groups in total. The third kappa shape index (κ3) is 4.12. The van der Waals surface area contributed by atoms with E-state index in [1.165, 1.54) is 5.56 Å². The van der Waals surface area contributed by atoms with E-state index in [-0.39, 0.29) is 0 Å². The van der Waals surface area contributed by atoms with E-state index in [9.17, 15) is 5.11 Å². The third-order valence-corrected chi connectivity index (χ3v) is 4.13. The molecule has 0 aliphatic heterocycles. The smallest absolute Gasteiger partial charge is 0.204 e. The van der Waals surface area contributed by atoms with Crippen LogP contribution >= 0.6 is 0 Å². The van der Waals surface area contributed by atoms with Crippen LogP contribution in [-0.4, -0.2) is 33.9 Å². The molecule has 25 heavy (non-hydrogen) atoms. The zero-order chi connectivity index (χ0) is 17.8. The zero-order valence-electron chi connectivity index (χ0n) is 15.0. The molecule has 132 valence electrons. The largest absolute Gasteiger partial charge is 0.491 e. The van der Waals surface area contributed by atoms with Crippen LogP contribution < -0.4 is 10.1 Å². The SMILES string of the molecule is Cc1ccc(C)c(OCCn2c(NCC(C)O)nc3ccccc32)c1. The maximum Gasteiger partial charge on any atom is 0.204 e. The molecule has 1 unspecified atom stereocenters. The fourth-order valence-electron chi connectivity index (χ4n) is 2.79. The van der Waals surface area contributed by atoms with E-state index in [2.05, 4.69) is 46.9 Å². The zero-order valence-corrected chi connectivity index (χ0v) is 15.0. The van der Waals surface area contributed by atoms with Gasteiger partial charge in [0, 0.05) is 6.54 Å². The molecule has 0 saturated heterocycles. The van der Waals surface area contributed by atoms with Crippen molar-refractivity contribution in [2.75, 3.05) is 18.5 Å². The molecular formula is C20H25N3O2. The fourth-order valence-corrected chi connectivity index (χ4v) is 2.79. The van der Waals surface area contributed by atoms with Gasteiger partial charge in [-0.25, -0.2) is 4.98 Å². The summed E-state index contributed by atoms with van der Waals surface area (Å²) in [5, 5.41) is 12.8. The van der Waals surface area contributed by atoms with Gasteiger partial charge in [0.05, 0.1) is 23.7 Å². The van der Waals surface area contributed by atoms with E-state index < -0.39 is 6.10 Å². The molecular weight excluding hydrogens is 314 g/mol. The molecule has 2 aromatic carbocycles. The Morgan fingerprint density at radius 1 is 1.20 bits per heavy atom. The first-order valence-corrected chi connectivity index (χ1v) is 8.62. The highest BCUT2D eigenvalue weighted by molar-refractivity contribution is 5.78. The van der Waals surface area contributed by atoms with Crippen LogP contribution in [0.15, 0.2) is 42.5 Å². The van der Waals surface area contributed by atoms with Gasteiger partial charge >= 0.3 is 0 Å². The van der Waals surface area contributed by atoms with Crippen LogP contribution in [0.4, 0.5) is 5.95 Å². The Morgan fingerprint density at radius 3 is 2.80 bits per heavy atom. The van der Waals surface area contributed by atoms with E-state index in [0.717, 1.165) is 28.3 Å². The van der Waals surface area contributed by atoms with Crippen LogP contribution in [0.5, 0.6) is 5.75 Å². The molecule has 0 fully saturated rings. The molecule has 5 nitrogen and oxygen atoms in total. The van der Waals surface area contributed by atoms with Crippen LogP contribution in [0.2, 0.25) is 0 Å². The average molecular weight is 339 g/mol. The van der Waals surface area contributed by atoms with Crippen molar-refractivity contribution in [1.82, 2.24) is 9.55 Å². The normalized spacial score (nSPS) is 12.3. The molecule has 3 aromatic rings. The van der Waals surface area contributed by atoms with Crippen molar-refractivity contribution in [3.63, 3.8) is 0 Å². The summed E-state index contributed by atoms with van der Waals surface area (Å²) in [7, 11) is 0. The molecule has 1 aromatic heterocycles. The first kappa shape index (κ1) is 17.3. The minimum Gasteiger partial charge on any atom is -0.491 e. The first-order valence-electron chi connectivity index (χ1n) is 8.62. The molecule has 0 aliphatic carbocycles. The Bertz CT molecular complexity index is 855. The van der Waals surface area contributed by atoms with Crippen LogP contribution in [0.3, 0.4) is 0 Å². The van der Waals surface area contributed by atoms with Gasteiger partial charge in [0.2, 0.25) is 5.95 Å². The molecule has 0 saturated carbocycles. The molecule has 0 bridgehead atoms. The lowest BCUT2D eigenvalue weighted by Crippen LogP contribution is -2.19. The number of aryl methyl sites for hydroxylation is 2. The maximum atomic E-state index is 9.54. The van der Waals surface area contributed by atoms with Crippen molar-refractivity contribution in [2.24, 2.45) is 0 Å². The predicted octanol–water partition coefficient (Wildman–Crippen LogP) is 3.52. The Labute approximate surface area is 148 Å². The van der Waals surface area contributed by atoms with Gasteiger partial charge in [0.25, 0.3) is 0 Å². The number of aliphatic hydroxyl groups is 1. The van der Waals surface area contributed by atoms with Gasteiger partial charge in [0.15, 0.2) is 0 Å². The topological polar surface area (TPSA) is 59.3 Å². The number of aromatic nitrogens is 2. The number of hydrogen-bond acceptors (Lipinski definition) is 4. The Kier molecular flexibility index (Phi) is 5.24. The number of imidazole rings is 1. The lowest BCUT2D eigenvalue weighted by Gasteiger charge is -2.14. The number of benzene rings is 2. The number of hydrogen-bond donors (Lipinski definition) is 2. The number of nitrogens with zero attached hydrogens (tertiary/aromatic N) is 2. The Hall–Kier alpha value is -2.53. The standard InChI is InChI=1S/C20H25N3O2/c1-14-8-9-15(2)19(12-14)25-11-10-23-18-7-5-4-6-17(18)22-20(23)21-13-16(3)24/h4-9,12,16,24H,10-11,13H2,1-3H3,(H,21,22). The number of fused-ring (bicyclic) bond motifs is 1. The second kappa shape index (κ2) is 7.57. The fraction of sp³-hybridized carbons (Fsp3) is 0.350. The summed E-state index contributed by atoms with van der Waals surface area (Å²) in [6.45, 7) is 7.56. The van der Waals surface area contributed by atoms with Gasteiger partial charge in [0.1, 0.15) is 12.4 Å². The Balaban J connectivity index is 1.77. The van der Waals surface area contributed by atoms with Crippen molar-refractivity contribution in [3.05, 3.63) is 53.6 Å². The predicted molar refractivity (Wildman–Crippen MR) is 101 cm³/mol. The molecule has 0 amide bonds. The number of aliphatic hydroxyl groups excluding tert-OH is 1. The molecule has 0 aliphatic rings. The quantitative estimate of drug-likeness (QED) is 0.691. The highest BCUT2D eigenvalue weighted by Gasteiger charge is 2.11. The third-order valence-electron chi connectivity index (χ3n) is 4.13. The second-order valence-electron chi connectivity index (χ2n) is 6.42. The summed E-state index contributed by atoms with van der Waals surface area (Å²) < 4.78 is 8.09. The average Bonchev–Trinajstić information content (AvgIpc) is 2.94. The lowest BCUT2D eigenvalue weighted by molar-refractivity contribution is 0.208. The van der Waals surface area contributed by atoms with Gasteiger partial charge in [-0.05, 0) is 50.1 Å². The van der Waals surface area contributed by atoms with E-state index in [1.54, 1.807) is 6.92 Å². The van der Waals surface area contributed by atoms with Crippen molar-refractivity contribution >= 4 is 17.0 Å². The minimum atomic E-state index is -0.431. The Morgan fingerprint density at radius 2 is 2.00 bits per heavy atom. The van der Waals surface area contributed by atoms with Crippen LogP contribution in [-0.2, 0) is 6.54 Å². The molecule has 0 spiro atoms. The maximum absolute atomic E-state index is 9.54. The van der Waals surface area contributed by atoms with Crippen LogP contribution in [0.1, 0.15) is 18.1 Å². The molecule has 3 rings (SSSR count). The highest BCUT2D eigenvalue weighted by Crippen LogP contribution is 2.21. The molecule has 1 atom stereocenters. The van der Waals surface area contributed by atoms with E-state index >= 15 is 0 Å². The summed E-state index contributed by atoms with van der Waals surface area (Å²) in [6.07, 6.45) is -0.431. The van der Waals surface area contributed by atoms with E-state index in [0.29, 0.717) is 19.7 Å². The lowest BCUT2D eigenvalue weighted by atomic mass is 10.1. The monoisotopic (exact) mass is 339 g/mol.